The van der Waals surface area contributed by atoms with Crippen LogP contribution in [-0.4, -0.2) is 29.6 Å². The summed E-state index contributed by atoms with van der Waals surface area (Å²) >= 11 is 0. The fourth-order valence-corrected chi connectivity index (χ4v) is 1.33. The number of carbonyl (C=O) groups is 2. The van der Waals surface area contributed by atoms with E-state index in [-0.39, 0.29) is 25.0 Å². The van der Waals surface area contributed by atoms with Gasteiger partial charge in [0.25, 0.3) is 5.91 Å². The van der Waals surface area contributed by atoms with Crippen LogP contribution in [0.3, 0.4) is 0 Å². The molecule has 5 nitrogen and oxygen atoms in total. The summed E-state index contributed by atoms with van der Waals surface area (Å²) in [6.45, 7) is 3.85. The van der Waals surface area contributed by atoms with Crippen LogP contribution in [0.25, 0.3) is 0 Å². The molecule has 1 aromatic rings. The molecule has 0 radical (unpaired) electrons. The number of carboxylic acid groups (broad SMARTS) is 1. The van der Waals surface area contributed by atoms with E-state index < -0.39 is 5.97 Å². The molecular formula is C13H17NO4. The minimum atomic E-state index is -0.913. The fraction of sp³-hybridized carbons (Fsp3) is 0.385. The molecule has 0 aliphatic heterocycles. The number of benzene rings is 1. The lowest BCUT2D eigenvalue weighted by molar-refractivity contribution is -0.137. The molecule has 1 aromatic carbocycles. The lowest BCUT2D eigenvalue weighted by atomic mass is 10.2. The number of hydrogen-bond donors (Lipinski definition) is 2. The number of nitrogens with one attached hydrogen (secondary N) is 1. The van der Waals surface area contributed by atoms with Crippen molar-refractivity contribution in [1.82, 2.24) is 5.32 Å². The van der Waals surface area contributed by atoms with E-state index in [1.54, 1.807) is 24.3 Å². The van der Waals surface area contributed by atoms with Crippen LogP contribution in [0.15, 0.2) is 24.3 Å². The van der Waals surface area contributed by atoms with Gasteiger partial charge in [-0.25, -0.2) is 0 Å². The molecule has 1 rings (SSSR count). The molecule has 98 valence electrons. The molecule has 0 bridgehead atoms. The Morgan fingerprint density at radius 1 is 1.39 bits per heavy atom. The van der Waals surface area contributed by atoms with E-state index >= 15 is 0 Å². The van der Waals surface area contributed by atoms with E-state index in [0.29, 0.717) is 11.3 Å². The fourth-order valence-electron chi connectivity index (χ4n) is 1.33. The summed E-state index contributed by atoms with van der Waals surface area (Å²) in [7, 11) is 0. The van der Waals surface area contributed by atoms with E-state index in [1.807, 2.05) is 13.8 Å². The van der Waals surface area contributed by atoms with E-state index in [1.165, 1.54) is 0 Å². The number of rotatable bonds is 6. The zero-order valence-electron chi connectivity index (χ0n) is 10.5. The Bertz CT molecular complexity index is 429. The Hall–Kier alpha value is -2.04. The normalized spacial score (nSPS) is 10.2. The molecule has 0 spiro atoms. The van der Waals surface area contributed by atoms with Crippen molar-refractivity contribution in [3.8, 4) is 5.75 Å². The van der Waals surface area contributed by atoms with Crippen LogP contribution in [0, 0.1) is 0 Å². The molecule has 0 aromatic heterocycles. The topological polar surface area (TPSA) is 75.6 Å². The zero-order valence-corrected chi connectivity index (χ0v) is 10.5. The van der Waals surface area contributed by atoms with Gasteiger partial charge in [0.15, 0.2) is 0 Å². The third-order valence-corrected chi connectivity index (χ3v) is 2.10. The Morgan fingerprint density at radius 3 is 2.72 bits per heavy atom. The van der Waals surface area contributed by atoms with Crippen molar-refractivity contribution in [2.45, 2.75) is 26.3 Å². The first-order valence-electron chi connectivity index (χ1n) is 5.74. The van der Waals surface area contributed by atoms with Crippen molar-refractivity contribution in [2.75, 3.05) is 6.61 Å². The quantitative estimate of drug-likeness (QED) is 0.806. The van der Waals surface area contributed by atoms with E-state index in [0.717, 1.165) is 0 Å². The van der Waals surface area contributed by atoms with E-state index in [4.69, 9.17) is 9.84 Å². The van der Waals surface area contributed by atoms with Crippen LogP contribution in [0.1, 0.15) is 30.6 Å². The Balaban J connectivity index is 2.61. The highest BCUT2D eigenvalue weighted by atomic mass is 16.5. The summed E-state index contributed by atoms with van der Waals surface area (Å²) in [4.78, 5) is 22.1. The number of carboxylic acids is 1. The van der Waals surface area contributed by atoms with Crippen molar-refractivity contribution in [3.63, 3.8) is 0 Å². The number of carbonyl (C=O) groups excluding carboxylic acids is 1. The Labute approximate surface area is 106 Å². The second kappa shape index (κ2) is 6.64. The molecule has 0 unspecified atom stereocenters. The van der Waals surface area contributed by atoms with Gasteiger partial charge in [0, 0.05) is 11.6 Å². The lowest BCUT2D eigenvalue weighted by Gasteiger charge is -2.10. The average Bonchev–Trinajstić information content (AvgIpc) is 2.28. The van der Waals surface area contributed by atoms with Gasteiger partial charge >= 0.3 is 5.97 Å². The Kier molecular flexibility index (Phi) is 5.17. The third kappa shape index (κ3) is 4.86. The average molecular weight is 251 g/mol. The van der Waals surface area contributed by atoms with Crippen molar-refractivity contribution >= 4 is 11.9 Å². The largest absolute Gasteiger partial charge is 0.493 e. The molecule has 0 aliphatic carbocycles. The van der Waals surface area contributed by atoms with Gasteiger partial charge in [0.2, 0.25) is 0 Å². The van der Waals surface area contributed by atoms with Crippen LogP contribution < -0.4 is 10.1 Å². The van der Waals surface area contributed by atoms with Gasteiger partial charge in [-0.1, -0.05) is 6.07 Å². The monoisotopic (exact) mass is 251 g/mol. The maximum Gasteiger partial charge on any atom is 0.306 e. The highest BCUT2D eigenvalue weighted by molar-refractivity contribution is 5.94. The Morgan fingerprint density at radius 2 is 2.11 bits per heavy atom. The van der Waals surface area contributed by atoms with E-state index in [9.17, 15) is 9.59 Å². The molecule has 5 heteroatoms. The maximum atomic E-state index is 11.7. The van der Waals surface area contributed by atoms with Crippen LogP contribution in [-0.2, 0) is 4.79 Å². The SMILES string of the molecule is CC(C)NC(=O)c1cccc(OCCC(=O)O)c1. The highest BCUT2D eigenvalue weighted by Gasteiger charge is 2.08. The van der Waals surface area contributed by atoms with Gasteiger partial charge in [-0.15, -0.1) is 0 Å². The lowest BCUT2D eigenvalue weighted by Crippen LogP contribution is -2.30. The summed E-state index contributed by atoms with van der Waals surface area (Å²) in [5, 5.41) is 11.3. The summed E-state index contributed by atoms with van der Waals surface area (Å²) in [5.41, 5.74) is 0.497. The number of amides is 1. The van der Waals surface area contributed by atoms with Gasteiger partial charge in [0.1, 0.15) is 5.75 Å². The second-order valence-electron chi connectivity index (χ2n) is 4.15. The minimum absolute atomic E-state index is 0.0640. The predicted molar refractivity (Wildman–Crippen MR) is 66.8 cm³/mol. The summed E-state index contributed by atoms with van der Waals surface area (Å²) in [5.74, 6) is -0.593. The van der Waals surface area contributed by atoms with Crippen molar-refractivity contribution in [3.05, 3.63) is 29.8 Å². The minimum Gasteiger partial charge on any atom is -0.493 e. The molecule has 0 fully saturated rings. The van der Waals surface area contributed by atoms with Crippen LogP contribution in [0.5, 0.6) is 5.75 Å². The molecule has 1 amide bonds. The van der Waals surface area contributed by atoms with Gasteiger partial charge in [0.05, 0.1) is 13.0 Å². The first-order chi connectivity index (χ1) is 8.49. The first-order valence-corrected chi connectivity index (χ1v) is 5.74. The van der Waals surface area contributed by atoms with Crippen LogP contribution in [0.2, 0.25) is 0 Å². The summed E-state index contributed by atoms with van der Waals surface area (Å²) in [6.07, 6.45) is -0.0670. The zero-order chi connectivity index (χ0) is 13.5. The highest BCUT2D eigenvalue weighted by Crippen LogP contribution is 2.13. The van der Waals surface area contributed by atoms with Gasteiger partial charge in [-0.3, -0.25) is 9.59 Å². The van der Waals surface area contributed by atoms with Gasteiger partial charge < -0.3 is 15.2 Å². The number of ether oxygens (including phenoxy) is 1. The summed E-state index contributed by atoms with van der Waals surface area (Å²) in [6, 6.07) is 6.73. The molecule has 0 aliphatic rings. The molecule has 0 atom stereocenters. The second-order valence-corrected chi connectivity index (χ2v) is 4.15. The van der Waals surface area contributed by atoms with Crippen molar-refractivity contribution < 1.29 is 19.4 Å². The predicted octanol–water partition coefficient (Wildman–Crippen LogP) is 1.68. The molecule has 18 heavy (non-hydrogen) atoms. The standard InChI is InChI=1S/C13H17NO4/c1-9(2)14-13(17)10-4-3-5-11(8-10)18-7-6-12(15)16/h3-5,8-9H,6-7H2,1-2H3,(H,14,17)(H,15,16). The molecule has 2 N–H and O–H groups in total. The number of hydrogen-bond acceptors (Lipinski definition) is 3. The van der Waals surface area contributed by atoms with Crippen LogP contribution in [0.4, 0.5) is 0 Å². The maximum absolute atomic E-state index is 11.7. The first kappa shape index (κ1) is 14.0. The van der Waals surface area contributed by atoms with Crippen molar-refractivity contribution in [2.24, 2.45) is 0 Å². The van der Waals surface area contributed by atoms with Crippen LogP contribution >= 0.6 is 0 Å². The van der Waals surface area contributed by atoms with Gasteiger partial charge in [-0.2, -0.15) is 0 Å². The smallest absolute Gasteiger partial charge is 0.306 e. The third-order valence-electron chi connectivity index (χ3n) is 2.10. The molecule has 0 heterocycles. The van der Waals surface area contributed by atoms with Crippen molar-refractivity contribution in [1.29, 1.82) is 0 Å². The molecular weight excluding hydrogens is 234 g/mol. The summed E-state index contributed by atoms with van der Waals surface area (Å²) < 4.78 is 5.25. The molecule has 0 saturated carbocycles. The van der Waals surface area contributed by atoms with E-state index in [2.05, 4.69) is 5.32 Å². The molecule has 0 saturated heterocycles. The van der Waals surface area contributed by atoms with Gasteiger partial charge in [-0.05, 0) is 32.0 Å². The number of aliphatic carboxylic acids is 1.